The minimum Gasteiger partial charge on any atom is -0.378 e. The highest BCUT2D eigenvalue weighted by atomic mass is 16.5. The van der Waals surface area contributed by atoms with Crippen molar-refractivity contribution in [1.82, 2.24) is 0 Å². The largest absolute Gasteiger partial charge is 0.378 e. The summed E-state index contributed by atoms with van der Waals surface area (Å²) < 4.78 is 5.55. The highest BCUT2D eigenvalue weighted by Crippen LogP contribution is 2.38. The van der Waals surface area contributed by atoms with Crippen molar-refractivity contribution >= 4 is 5.78 Å². The van der Waals surface area contributed by atoms with E-state index >= 15 is 0 Å². The van der Waals surface area contributed by atoms with Gasteiger partial charge in [-0.2, -0.15) is 5.26 Å². The van der Waals surface area contributed by atoms with E-state index in [4.69, 9.17) is 4.74 Å². The Bertz CT molecular complexity index is 302. The van der Waals surface area contributed by atoms with Crippen molar-refractivity contribution in [3.63, 3.8) is 0 Å². The molecule has 2 aliphatic rings. The number of nitriles is 1. The third-order valence-electron chi connectivity index (χ3n) is 3.92. The van der Waals surface area contributed by atoms with Gasteiger partial charge >= 0.3 is 0 Å². The third-order valence-corrected chi connectivity index (χ3v) is 3.92. The Morgan fingerprint density at radius 3 is 2.94 bits per heavy atom. The molecular formula is C13H19NO2. The molecule has 0 bridgehead atoms. The van der Waals surface area contributed by atoms with Crippen LogP contribution in [0.3, 0.4) is 0 Å². The van der Waals surface area contributed by atoms with Gasteiger partial charge in [-0.1, -0.05) is 6.42 Å². The first kappa shape index (κ1) is 11.6. The SMILES string of the molecule is N#CC1(CCC2CCCO2)CCCCC1=O. The second kappa shape index (κ2) is 4.97. The summed E-state index contributed by atoms with van der Waals surface area (Å²) in [7, 11) is 0. The van der Waals surface area contributed by atoms with E-state index in [2.05, 4.69) is 6.07 Å². The van der Waals surface area contributed by atoms with Crippen LogP contribution in [0.2, 0.25) is 0 Å². The van der Waals surface area contributed by atoms with Crippen LogP contribution in [-0.4, -0.2) is 18.5 Å². The van der Waals surface area contributed by atoms with Gasteiger partial charge in [-0.3, -0.25) is 4.79 Å². The molecule has 3 nitrogen and oxygen atoms in total. The van der Waals surface area contributed by atoms with Gasteiger partial charge in [-0.05, 0) is 38.5 Å². The Morgan fingerprint density at radius 1 is 1.44 bits per heavy atom. The van der Waals surface area contributed by atoms with Gasteiger partial charge in [-0.25, -0.2) is 0 Å². The second-order valence-electron chi connectivity index (χ2n) is 5.00. The van der Waals surface area contributed by atoms with Crippen LogP contribution in [0.15, 0.2) is 0 Å². The molecule has 1 heterocycles. The average molecular weight is 221 g/mol. The summed E-state index contributed by atoms with van der Waals surface area (Å²) in [5.74, 6) is 0.166. The van der Waals surface area contributed by atoms with Crippen LogP contribution in [0, 0.1) is 16.7 Å². The van der Waals surface area contributed by atoms with Crippen LogP contribution in [0.5, 0.6) is 0 Å². The molecular weight excluding hydrogens is 202 g/mol. The molecule has 2 atom stereocenters. The van der Waals surface area contributed by atoms with Gasteiger partial charge in [0.05, 0.1) is 12.2 Å². The van der Waals surface area contributed by atoms with E-state index in [0.29, 0.717) is 18.9 Å². The molecule has 0 spiro atoms. The molecule has 1 saturated carbocycles. The van der Waals surface area contributed by atoms with E-state index in [-0.39, 0.29) is 5.78 Å². The summed E-state index contributed by atoms with van der Waals surface area (Å²) in [4.78, 5) is 11.9. The zero-order valence-corrected chi connectivity index (χ0v) is 9.71. The van der Waals surface area contributed by atoms with Gasteiger partial charge in [0.1, 0.15) is 5.41 Å². The predicted molar refractivity (Wildman–Crippen MR) is 59.7 cm³/mol. The molecule has 16 heavy (non-hydrogen) atoms. The fourth-order valence-electron chi connectivity index (χ4n) is 2.81. The lowest BCUT2D eigenvalue weighted by Crippen LogP contribution is -2.33. The third kappa shape index (κ3) is 2.27. The van der Waals surface area contributed by atoms with Gasteiger partial charge in [-0.15, -0.1) is 0 Å². The minimum absolute atomic E-state index is 0.166. The number of hydrogen-bond donors (Lipinski definition) is 0. The number of ether oxygens (including phenoxy) is 1. The Labute approximate surface area is 96.8 Å². The Hall–Kier alpha value is -0.880. The summed E-state index contributed by atoms with van der Waals surface area (Å²) in [5, 5.41) is 9.27. The van der Waals surface area contributed by atoms with E-state index in [0.717, 1.165) is 45.1 Å². The maximum atomic E-state index is 11.9. The summed E-state index contributed by atoms with van der Waals surface area (Å²) in [6.07, 6.45) is 7.42. The topological polar surface area (TPSA) is 50.1 Å². The molecule has 0 N–H and O–H groups in total. The maximum absolute atomic E-state index is 11.9. The Morgan fingerprint density at radius 2 is 2.31 bits per heavy atom. The molecule has 0 radical (unpaired) electrons. The average Bonchev–Trinajstić information content (AvgIpc) is 2.82. The number of ketones is 1. The van der Waals surface area contributed by atoms with Gasteiger partial charge in [0.25, 0.3) is 0 Å². The van der Waals surface area contributed by atoms with E-state index < -0.39 is 5.41 Å². The lowest BCUT2D eigenvalue weighted by molar-refractivity contribution is -0.128. The van der Waals surface area contributed by atoms with E-state index in [1.54, 1.807) is 0 Å². The van der Waals surface area contributed by atoms with Gasteiger partial charge in [0.15, 0.2) is 5.78 Å². The first-order valence-corrected chi connectivity index (χ1v) is 6.33. The molecule has 1 aliphatic carbocycles. The standard InChI is InChI=1S/C13H19NO2/c14-10-13(7-2-1-5-12(13)15)8-6-11-4-3-9-16-11/h11H,1-9H2. The molecule has 0 aromatic rings. The molecule has 88 valence electrons. The van der Waals surface area contributed by atoms with Gasteiger partial charge in [0.2, 0.25) is 0 Å². The number of nitrogens with zero attached hydrogens (tertiary/aromatic N) is 1. The van der Waals surface area contributed by atoms with Crippen LogP contribution in [0.4, 0.5) is 0 Å². The molecule has 0 aromatic heterocycles. The van der Waals surface area contributed by atoms with Gasteiger partial charge < -0.3 is 4.74 Å². The highest BCUT2D eigenvalue weighted by Gasteiger charge is 2.40. The van der Waals surface area contributed by atoms with Crippen molar-refractivity contribution in [3.05, 3.63) is 0 Å². The molecule has 1 aliphatic heterocycles. The molecule has 1 saturated heterocycles. The fourth-order valence-corrected chi connectivity index (χ4v) is 2.81. The number of Topliss-reactive ketones (excluding diaryl/α,β-unsaturated/α-hetero) is 1. The van der Waals surface area contributed by atoms with Crippen LogP contribution in [0.25, 0.3) is 0 Å². The predicted octanol–water partition coefficient (Wildman–Crippen LogP) is 2.60. The summed E-state index contributed by atoms with van der Waals surface area (Å²) in [6.45, 7) is 0.845. The van der Waals surface area contributed by atoms with E-state index in [9.17, 15) is 10.1 Å². The molecule has 2 unspecified atom stereocenters. The molecule has 2 rings (SSSR count). The van der Waals surface area contributed by atoms with Crippen molar-refractivity contribution in [2.75, 3.05) is 6.61 Å². The number of carbonyl (C=O) groups is 1. The smallest absolute Gasteiger partial charge is 0.153 e. The zero-order valence-electron chi connectivity index (χ0n) is 9.71. The van der Waals surface area contributed by atoms with E-state index in [1.165, 1.54) is 0 Å². The second-order valence-corrected chi connectivity index (χ2v) is 5.00. The quantitative estimate of drug-likeness (QED) is 0.736. The molecule has 3 heteroatoms. The minimum atomic E-state index is -0.676. The monoisotopic (exact) mass is 221 g/mol. The van der Waals surface area contributed by atoms with Crippen LogP contribution in [-0.2, 0) is 9.53 Å². The number of hydrogen-bond acceptors (Lipinski definition) is 3. The zero-order chi connectivity index (χ0) is 11.4. The maximum Gasteiger partial charge on any atom is 0.153 e. The van der Waals surface area contributed by atoms with Crippen molar-refractivity contribution in [2.45, 2.75) is 57.5 Å². The van der Waals surface area contributed by atoms with Crippen LogP contribution < -0.4 is 0 Å². The Balaban J connectivity index is 1.93. The molecule has 0 aromatic carbocycles. The van der Waals surface area contributed by atoms with E-state index in [1.807, 2.05) is 0 Å². The molecule has 2 fully saturated rings. The lowest BCUT2D eigenvalue weighted by atomic mass is 9.71. The normalized spacial score (nSPS) is 34.9. The number of carbonyl (C=O) groups excluding carboxylic acids is 1. The summed E-state index contributed by atoms with van der Waals surface area (Å²) in [6, 6.07) is 2.29. The lowest BCUT2D eigenvalue weighted by Gasteiger charge is -2.29. The summed E-state index contributed by atoms with van der Waals surface area (Å²) in [5.41, 5.74) is -0.676. The molecule has 0 amide bonds. The van der Waals surface area contributed by atoms with Crippen molar-refractivity contribution in [1.29, 1.82) is 5.26 Å². The first-order chi connectivity index (χ1) is 7.77. The number of rotatable bonds is 3. The Kier molecular flexibility index (Phi) is 3.60. The highest BCUT2D eigenvalue weighted by molar-refractivity contribution is 5.88. The van der Waals surface area contributed by atoms with Crippen molar-refractivity contribution in [2.24, 2.45) is 5.41 Å². The van der Waals surface area contributed by atoms with Crippen molar-refractivity contribution in [3.8, 4) is 6.07 Å². The van der Waals surface area contributed by atoms with Crippen molar-refractivity contribution < 1.29 is 9.53 Å². The first-order valence-electron chi connectivity index (χ1n) is 6.33. The van der Waals surface area contributed by atoms with Crippen LogP contribution in [0.1, 0.15) is 51.4 Å². The van der Waals surface area contributed by atoms with Crippen LogP contribution >= 0.6 is 0 Å². The summed E-state index contributed by atoms with van der Waals surface area (Å²) >= 11 is 0. The van der Waals surface area contributed by atoms with Gasteiger partial charge in [0, 0.05) is 13.0 Å². The fraction of sp³-hybridized carbons (Fsp3) is 0.846.